The molecule has 1 saturated heterocycles. The van der Waals surface area contributed by atoms with Crippen LogP contribution in [-0.2, 0) is 0 Å². The predicted octanol–water partition coefficient (Wildman–Crippen LogP) is 2.10. The van der Waals surface area contributed by atoms with Crippen LogP contribution in [-0.4, -0.2) is 36.1 Å². The van der Waals surface area contributed by atoms with Gasteiger partial charge in [-0.3, -0.25) is 4.90 Å². The Morgan fingerprint density at radius 3 is 2.36 bits per heavy atom. The van der Waals surface area contributed by atoms with Crippen molar-refractivity contribution in [3.8, 4) is 0 Å². The van der Waals surface area contributed by atoms with Crippen molar-refractivity contribution in [2.45, 2.75) is 59.2 Å². The van der Waals surface area contributed by atoms with Gasteiger partial charge in [-0.05, 0) is 39.7 Å². The molecule has 0 bridgehead atoms. The SMILES string of the molecule is CC(C)C1CN(C(C)C)C(C)CCN1. The Balaban J connectivity index is 2.62. The van der Waals surface area contributed by atoms with Crippen LogP contribution in [0.4, 0.5) is 0 Å². The lowest BCUT2D eigenvalue weighted by atomic mass is 10.0. The first-order valence-electron chi connectivity index (χ1n) is 6.01. The highest BCUT2D eigenvalue weighted by molar-refractivity contribution is 4.84. The Hall–Kier alpha value is -0.0800. The van der Waals surface area contributed by atoms with Crippen molar-refractivity contribution < 1.29 is 0 Å². The summed E-state index contributed by atoms with van der Waals surface area (Å²) in [5.74, 6) is 0.738. The Kier molecular flexibility index (Phi) is 4.39. The van der Waals surface area contributed by atoms with E-state index in [0.717, 1.165) is 12.0 Å². The van der Waals surface area contributed by atoms with Gasteiger partial charge in [0.05, 0.1) is 0 Å². The summed E-state index contributed by atoms with van der Waals surface area (Å²) < 4.78 is 0. The molecular formula is C12H26N2. The highest BCUT2D eigenvalue weighted by Gasteiger charge is 2.25. The van der Waals surface area contributed by atoms with Crippen LogP contribution in [0.1, 0.15) is 41.0 Å². The van der Waals surface area contributed by atoms with E-state index in [1.165, 1.54) is 19.5 Å². The van der Waals surface area contributed by atoms with Gasteiger partial charge in [0, 0.05) is 24.7 Å². The Morgan fingerprint density at radius 1 is 1.21 bits per heavy atom. The monoisotopic (exact) mass is 198 g/mol. The van der Waals surface area contributed by atoms with E-state index >= 15 is 0 Å². The van der Waals surface area contributed by atoms with Crippen LogP contribution in [0.5, 0.6) is 0 Å². The number of nitrogens with one attached hydrogen (secondary N) is 1. The van der Waals surface area contributed by atoms with Crippen LogP contribution in [0.25, 0.3) is 0 Å². The fraction of sp³-hybridized carbons (Fsp3) is 1.00. The number of hydrogen-bond donors (Lipinski definition) is 1. The average Bonchev–Trinajstić information content (AvgIpc) is 2.26. The Morgan fingerprint density at radius 2 is 1.86 bits per heavy atom. The number of rotatable bonds is 2. The van der Waals surface area contributed by atoms with Crippen molar-refractivity contribution in [1.29, 1.82) is 0 Å². The van der Waals surface area contributed by atoms with Gasteiger partial charge in [0.1, 0.15) is 0 Å². The largest absolute Gasteiger partial charge is 0.312 e. The molecule has 2 heteroatoms. The fourth-order valence-corrected chi connectivity index (χ4v) is 2.28. The quantitative estimate of drug-likeness (QED) is 0.731. The molecule has 0 aromatic carbocycles. The second-order valence-electron chi connectivity index (χ2n) is 5.23. The van der Waals surface area contributed by atoms with E-state index in [4.69, 9.17) is 0 Å². The molecule has 1 fully saturated rings. The van der Waals surface area contributed by atoms with Crippen LogP contribution in [0, 0.1) is 5.92 Å². The third-order valence-electron chi connectivity index (χ3n) is 3.41. The number of hydrogen-bond acceptors (Lipinski definition) is 2. The van der Waals surface area contributed by atoms with Gasteiger partial charge in [-0.2, -0.15) is 0 Å². The summed E-state index contributed by atoms with van der Waals surface area (Å²) in [5.41, 5.74) is 0. The fourth-order valence-electron chi connectivity index (χ4n) is 2.28. The molecule has 0 amide bonds. The molecule has 14 heavy (non-hydrogen) atoms. The van der Waals surface area contributed by atoms with Crippen LogP contribution in [0.2, 0.25) is 0 Å². The zero-order valence-electron chi connectivity index (χ0n) is 10.4. The second kappa shape index (κ2) is 5.13. The summed E-state index contributed by atoms with van der Waals surface area (Å²) in [5, 5.41) is 3.65. The number of nitrogens with zero attached hydrogens (tertiary/aromatic N) is 1. The molecule has 1 heterocycles. The van der Waals surface area contributed by atoms with Crippen molar-refractivity contribution in [1.82, 2.24) is 10.2 Å². The molecular weight excluding hydrogens is 172 g/mol. The highest BCUT2D eigenvalue weighted by Crippen LogP contribution is 2.15. The van der Waals surface area contributed by atoms with E-state index in [2.05, 4.69) is 44.8 Å². The summed E-state index contributed by atoms with van der Waals surface area (Å²) in [7, 11) is 0. The van der Waals surface area contributed by atoms with Gasteiger partial charge in [-0.1, -0.05) is 13.8 Å². The molecule has 1 rings (SSSR count). The molecule has 0 saturated carbocycles. The smallest absolute Gasteiger partial charge is 0.0218 e. The molecule has 0 spiro atoms. The second-order valence-corrected chi connectivity index (χ2v) is 5.23. The molecule has 2 nitrogen and oxygen atoms in total. The van der Waals surface area contributed by atoms with Crippen molar-refractivity contribution >= 4 is 0 Å². The van der Waals surface area contributed by atoms with Crippen LogP contribution in [0.3, 0.4) is 0 Å². The maximum Gasteiger partial charge on any atom is 0.0218 e. The van der Waals surface area contributed by atoms with Gasteiger partial charge in [-0.15, -0.1) is 0 Å². The van der Waals surface area contributed by atoms with Gasteiger partial charge in [0.2, 0.25) is 0 Å². The van der Waals surface area contributed by atoms with E-state index in [-0.39, 0.29) is 0 Å². The van der Waals surface area contributed by atoms with E-state index in [9.17, 15) is 0 Å². The zero-order chi connectivity index (χ0) is 10.7. The van der Waals surface area contributed by atoms with Gasteiger partial charge in [0.25, 0.3) is 0 Å². The first-order valence-corrected chi connectivity index (χ1v) is 6.01. The molecule has 0 aliphatic carbocycles. The van der Waals surface area contributed by atoms with Crippen molar-refractivity contribution in [2.24, 2.45) is 5.92 Å². The maximum absolute atomic E-state index is 3.65. The average molecular weight is 198 g/mol. The van der Waals surface area contributed by atoms with Gasteiger partial charge in [0.15, 0.2) is 0 Å². The van der Waals surface area contributed by atoms with E-state index in [0.29, 0.717) is 12.1 Å². The van der Waals surface area contributed by atoms with E-state index in [1.807, 2.05) is 0 Å². The van der Waals surface area contributed by atoms with Gasteiger partial charge < -0.3 is 5.32 Å². The molecule has 1 N–H and O–H groups in total. The summed E-state index contributed by atoms with van der Waals surface area (Å²) in [6.45, 7) is 14.0. The summed E-state index contributed by atoms with van der Waals surface area (Å²) >= 11 is 0. The molecule has 0 aromatic heterocycles. The Labute approximate surface area is 89.1 Å². The van der Waals surface area contributed by atoms with E-state index in [1.54, 1.807) is 0 Å². The van der Waals surface area contributed by atoms with Crippen LogP contribution in [0.15, 0.2) is 0 Å². The molecule has 2 unspecified atom stereocenters. The minimum atomic E-state index is 0.669. The first-order chi connectivity index (χ1) is 6.52. The molecule has 0 radical (unpaired) electrons. The normalized spacial score (nSPS) is 31.1. The molecule has 1 aliphatic rings. The third-order valence-corrected chi connectivity index (χ3v) is 3.41. The molecule has 1 aliphatic heterocycles. The van der Waals surface area contributed by atoms with Gasteiger partial charge in [-0.25, -0.2) is 0 Å². The first kappa shape index (κ1) is 12.0. The minimum Gasteiger partial charge on any atom is -0.312 e. The van der Waals surface area contributed by atoms with Crippen molar-refractivity contribution in [3.05, 3.63) is 0 Å². The lowest BCUT2D eigenvalue weighted by molar-refractivity contribution is 0.151. The lowest BCUT2D eigenvalue weighted by Gasteiger charge is -2.33. The predicted molar refractivity (Wildman–Crippen MR) is 62.5 cm³/mol. The maximum atomic E-state index is 3.65. The van der Waals surface area contributed by atoms with Crippen molar-refractivity contribution in [2.75, 3.05) is 13.1 Å². The summed E-state index contributed by atoms with van der Waals surface area (Å²) in [6, 6.07) is 2.07. The molecule has 2 atom stereocenters. The van der Waals surface area contributed by atoms with Crippen molar-refractivity contribution in [3.63, 3.8) is 0 Å². The molecule has 0 aromatic rings. The third kappa shape index (κ3) is 2.96. The summed E-state index contributed by atoms with van der Waals surface area (Å²) in [6.07, 6.45) is 1.28. The highest BCUT2D eigenvalue weighted by atomic mass is 15.2. The molecule has 84 valence electrons. The minimum absolute atomic E-state index is 0.669. The Bertz CT molecular complexity index is 166. The summed E-state index contributed by atoms with van der Waals surface area (Å²) in [4.78, 5) is 2.63. The van der Waals surface area contributed by atoms with Gasteiger partial charge >= 0.3 is 0 Å². The standard InChI is InChI=1S/C12H26N2/c1-9(2)12-8-14(10(3)4)11(5)6-7-13-12/h9-13H,6-8H2,1-5H3. The topological polar surface area (TPSA) is 15.3 Å². The van der Waals surface area contributed by atoms with E-state index < -0.39 is 0 Å². The van der Waals surface area contributed by atoms with Crippen LogP contribution < -0.4 is 5.32 Å². The lowest BCUT2D eigenvalue weighted by Crippen LogP contribution is -2.45. The zero-order valence-corrected chi connectivity index (χ0v) is 10.4. The van der Waals surface area contributed by atoms with Crippen LogP contribution >= 0.6 is 0 Å².